The zero-order valence-corrected chi connectivity index (χ0v) is 14.1. The second-order valence-corrected chi connectivity index (χ2v) is 6.94. The number of piperidine rings is 1. The van der Waals surface area contributed by atoms with E-state index in [9.17, 15) is 4.79 Å². The molecule has 0 bridgehead atoms. The third-order valence-electron chi connectivity index (χ3n) is 3.95. The molecule has 0 atom stereocenters. The number of benzene rings is 1. The molecule has 1 aliphatic heterocycles. The number of hydrogen-bond donors (Lipinski definition) is 1. The van der Waals surface area contributed by atoms with Crippen LogP contribution in [-0.2, 0) is 11.3 Å². The molecule has 2 rings (SSSR count). The Morgan fingerprint density at radius 3 is 2.43 bits per heavy atom. The highest BCUT2D eigenvalue weighted by molar-refractivity contribution is 7.98. The van der Waals surface area contributed by atoms with Crippen molar-refractivity contribution >= 4 is 17.7 Å². The van der Waals surface area contributed by atoms with Crippen LogP contribution in [0.4, 0.5) is 0 Å². The molecular weight excluding hydrogens is 280 g/mol. The quantitative estimate of drug-likeness (QED) is 0.848. The average Bonchev–Trinajstić information content (AvgIpc) is 2.48. The maximum absolute atomic E-state index is 12.0. The van der Waals surface area contributed by atoms with E-state index in [1.54, 1.807) is 11.8 Å². The van der Waals surface area contributed by atoms with Crippen LogP contribution in [0.1, 0.15) is 32.3 Å². The summed E-state index contributed by atoms with van der Waals surface area (Å²) in [6.45, 7) is 7.06. The van der Waals surface area contributed by atoms with Gasteiger partial charge >= 0.3 is 0 Å². The first-order valence-electron chi connectivity index (χ1n) is 7.74. The number of likely N-dealkylation sites (tertiary alicyclic amines) is 1. The van der Waals surface area contributed by atoms with Gasteiger partial charge in [0.25, 0.3) is 0 Å². The van der Waals surface area contributed by atoms with Crippen LogP contribution < -0.4 is 5.32 Å². The molecule has 1 amide bonds. The summed E-state index contributed by atoms with van der Waals surface area (Å²) in [7, 11) is 0. The van der Waals surface area contributed by atoms with Gasteiger partial charge in [-0.2, -0.15) is 0 Å². The van der Waals surface area contributed by atoms with E-state index in [1.807, 2.05) is 13.8 Å². The Hall–Kier alpha value is -1.00. The second kappa shape index (κ2) is 7.85. The Labute approximate surface area is 132 Å². The van der Waals surface area contributed by atoms with Crippen molar-refractivity contribution in [3.8, 4) is 0 Å². The minimum atomic E-state index is 0.197. The van der Waals surface area contributed by atoms with Crippen LogP contribution in [0.5, 0.6) is 0 Å². The van der Waals surface area contributed by atoms with Gasteiger partial charge in [-0.05, 0) is 63.7 Å². The van der Waals surface area contributed by atoms with E-state index in [-0.39, 0.29) is 17.9 Å². The maximum Gasteiger partial charge on any atom is 0.223 e. The molecule has 21 heavy (non-hydrogen) atoms. The van der Waals surface area contributed by atoms with Gasteiger partial charge < -0.3 is 5.32 Å². The van der Waals surface area contributed by atoms with Crippen LogP contribution in [0, 0.1) is 5.92 Å². The van der Waals surface area contributed by atoms with Gasteiger partial charge in [0.2, 0.25) is 5.91 Å². The number of rotatable bonds is 5. The summed E-state index contributed by atoms with van der Waals surface area (Å²) in [6, 6.07) is 9.03. The molecule has 1 aromatic carbocycles. The average molecular weight is 306 g/mol. The normalized spacial score (nSPS) is 17.1. The minimum Gasteiger partial charge on any atom is -0.354 e. The largest absolute Gasteiger partial charge is 0.354 e. The molecule has 116 valence electrons. The molecule has 1 saturated heterocycles. The summed E-state index contributed by atoms with van der Waals surface area (Å²) in [6.07, 6.45) is 4.05. The molecule has 0 radical (unpaired) electrons. The van der Waals surface area contributed by atoms with E-state index in [0.717, 1.165) is 32.5 Å². The van der Waals surface area contributed by atoms with Crippen molar-refractivity contribution in [1.29, 1.82) is 0 Å². The highest BCUT2D eigenvalue weighted by Crippen LogP contribution is 2.21. The smallest absolute Gasteiger partial charge is 0.223 e. The fraction of sp³-hybridized carbons (Fsp3) is 0.588. The lowest BCUT2D eigenvalue weighted by atomic mass is 9.95. The third-order valence-corrected chi connectivity index (χ3v) is 4.70. The number of nitrogens with one attached hydrogen (secondary N) is 1. The van der Waals surface area contributed by atoms with Crippen LogP contribution in [0.3, 0.4) is 0 Å². The molecule has 0 aliphatic carbocycles. The zero-order valence-electron chi connectivity index (χ0n) is 13.3. The summed E-state index contributed by atoms with van der Waals surface area (Å²) in [4.78, 5) is 15.8. The molecule has 1 N–H and O–H groups in total. The molecule has 0 unspecified atom stereocenters. The number of thioether (sulfide) groups is 1. The van der Waals surface area contributed by atoms with Gasteiger partial charge in [-0.25, -0.2) is 0 Å². The fourth-order valence-electron chi connectivity index (χ4n) is 2.74. The lowest BCUT2D eigenvalue weighted by Gasteiger charge is -2.31. The van der Waals surface area contributed by atoms with Crippen molar-refractivity contribution in [1.82, 2.24) is 10.2 Å². The number of hydrogen-bond acceptors (Lipinski definition) is 3. The summed E-state index contributed by atoms with van der Waals surface area (Å²) < 4.78 is 0. The first-order valence-corrected chi connectivity index (χ1v) is 8.96. The van der Waals surface area contributed by atoms with Gasteiger partial charge in [0.05, 0.1) is 0 Å². The molecule has 0 aromatic heterocycles. The zero-order chi connectivity index (χ0) is 15.2. The summed E-state index contributed by atoms with van der Waals surface area (Å²) in [5.74, 6) is 0.427. The first kappa shape index (κ1) is 16.4. The fourth-order valence-corrected chi connectivity index (χ4v) is 3.15. The van der Waals surface area contributed by atoms with Crippen molar-refractivity contribution in [3.05, 3.63) is 29.8 Å². The third kappa shape index (κ3) is 5.04. The van der Waals surface area contributed by atoms with Gasteiger partial charge in [-0.15, -0.1) is 11.8 Å². The molecule has 3 nitrogen and oxygen atoms in total. The molecular formula is C17H26N2OS. The molecule has 1 fully saturated rings. The SMILES string of the molecule is CSc1ccc(CN2CCC(C(=O)NC(C)C)CC2)cc1. The van der Waals surface area contributed by atoms with Crippen LogP contribution >= 0.6 is 11.8 Å². The topological polar surface area (TPSA) is 32.3 Å². The van der Waals surface area contributed by atoms with E-state index in [4.69, 9.17) is 0 Å². The Bertz CT molecular complexity index is 450. The van der Waals surface area contributed by atoms with Crippen LogP contribution in [0.2, 0.25) is 0 Å². The van der Waals surface area contributed by atoms with E-state index in [1.165, 1.54) is 10.5 Å². The van der Waals surface area contributed by atoms with Gasteiger partial charge in [0.15, 0.2) is 0 Å². The van der Waals surface area contributed by atoms with E-state index in [0.29, 0.717) is 0 Å². The first-order chi connectivity index (χ1) is 10.1. The van der Waals surface area contributed by atoms with Crippen LogP contribution in [0.25, 0.3) is 0 Å². The predicted octanol–water partition coefficient (Wildman–Crippen LogP) is 3.15. The van der Waals surface area contributed by atoms with Gasteiger partial charge in [0, 0.05) is 23.4 Å². The van der Waals surface area contributed by atoms with Crippen molar-refractivity contribution < 1.29 is 4.79 Å². The van der Waals surface area contributed by atoms with Crippen molar-refractivity contribution in [2.24, 2.45) is 5.92 Å². The lowest BCUT2D eigenvalue weighted by molar-refractivity contribution is -0.127. The molecule has 1 aliphatic rings. The standard InChI is InChI=1S/C17H26N2OS/c1-13(2)18-17(20)15-8-10-19(11-9-15)12-14-4-6-16(21-3)7-5-14/h4-7,13,15H,8-12H2,1-3H3,(H,18,20). The number of carbonyl (C=O) groups is 1. The predicted molar refractivity (Wildman–Crippen MR) is 89.5 cm³/mol. The Kier molecular flexibility index (Phi) is 6.12. The maximum atomic E-state index is 12.0. The van der Waals surface area contributed by atoms with Crippen molar-refractivity contribution in [3.63, 3.8) is 0 Å². The summed E-state index contributed by atoms with van der Waals surface area (Å²) in [5, 5.41) is 3.03. The number of nitrogens with zero attached hydrogens (tertiary/aromatic N) is 1. The van der Waals surface area contributed by atoms with Crippen LogP contribution in [-0.4, -0.2) is 36.2 Å². The Morgan fingerprint density at radius 2 is 1.90 bits per heavy atom. The van der Waals surface area contributed by atoms with Gasteiger partial charge in [-0.3, -0.25) is 9.69 Å². The van der Waals surface area contributed by atoms with E-state index < -0.39 is 0 Å². The van der Waals surface area contributed by atoms with Crippen molar-refractivity contribution in [2.75, 3.05) is 19.3 Å². The monoisotopic (exact) mass is 306 g/mol. The molecule has 1 heterocycles. The highest BCUT2D eigenvalue weighted by atomic mass is 32.2. The lowest BCUT2D eigenvalue weighted by Crippen LogP contribution is -2.42. The second-order valence-electron chi connectivity index (χ2n) is 6.06. The number of carbonyl (C=O) groups excluding carboxylic acids is 1. The summed E-state index contributed by atoms with van der Waals surface area (Å²) >= 11 is 1.77. The Morgan fingerprint density at radius 1 is 1.29 bits per heavy atom. The van der Waals surface area contributed by atoms with E-state index in [2.05, 4.69) is 40.7 Å². The van der Waals surface area contributed by atoms with Crippen molar-refractivity contribution in [2.45, 2.75) is 44.2 Å². The molecule has 0 saturated carbocycles. The van der Waals surface area contributed by atoms with E-state index >= 15 is 0 Å². The Balaban J connectivity index is 1.79. The highest BCUT2D eigenvalue weighted by Gasteiger charge is 2.25. The number of amides is 1. The molecule has 0 spiro atoms. The summed E-state index contributed by atoms with van der Waals surface area (Å²) in [5.41, 5.74) is 1.36. The molecule has 1 aromatic rings. The van der Waals surface area contributed by atoms with Crippen LogP contribution in [0.15, 0.2) is 29.2 Å². The minimum absolute atomic E-state index is 0.197. The van der Waals surface area contributed by atoms with Gasteiger partial charge in [0.1, 0.15) is 0 Å². The van der Waals surface area contributed by atoms with Gasteiger partial charge in [-0.1, -0.05) is 12.1 Å². The molecule has 4 heteroatoms.